The van der Waals surface area contributed by atoms with E-state index in [1.54, 1.807) is 0 Å². The Morgan fingerprint density at radius 2 is 2.50 bits per heavy atom. The lowest BCUT2D eigenvalue weighted by Crippen LogP contribution is -2.18. The van der Waals surface area contributed by atoms with Crippen LogP contribution in [0.2, 0.25) is 0 Å². The number of dihydropyridines is 1. The Hall–Kier alpha value is -1.18. The third-order valence-corrected chi connectivity index (χ3v) is 1.52. The molecule has 1 rings (SSSR count). The minimum absolute atomic E-state index is 0.803. The lowest BCUT2D eigenvalue weighted by Gasteiger charge is -2.13. The molecular weight excluding hydrogens is 124 g/mol. The van der Waals surface area contributed by atoms with Gasteiger partial charge in [-0.15, -0.1) is 0 Å². The molecule has 0 aliphatic carbocycles. The van der Waals surface area contributed by atoms with Crippen LogP contribution < -0.4 is 11.1 Å². The van der Waals surface area contributed by atoms with E-state index < -0.39 is 0 Å². The predicted octanol–water partition coefficient (Wildman–Crippen LogP) is 0.892. The number of nitrogens with one attached hydrogen (secondary N) is 1. The summed E-state index contributed by atoms with van der Waals surface area (Å²) in [5.41, 5.74) is 8.65. The van der Waals surface area contributed by atoms with Gasteiger partial charge in [0.15, 0.2) is 0 Å². The summed E-state index contributed by atoms with van der Waals surface area (Å²) in [6.07, 6.45) is 3.70. The molecule has 1 aliphatic rings. The Bertz CT molecular complexity index is 211. The first-order valence-electron chi connectivity index (χ1n) is 3.26. The molecular formula is C8H12N2. The molecule has 54 valence electrons. The van der Waals surface area contributed by atoms with Crippen LogP contribution in [0.25, 0.3) is 0 Å². The van der Waals surface area contributed by atoms with Crippen LogP contribution in [-0.4, -0.2) is 6.54 Å². The van der Waals surface area contributed by atoms with Gasteiger partial charge in [-0.3, -0.25) is 0 Å². The van der Waals surface area contributed by atoms with E-state index in [0.717, 1.165) is 23.4 Å². The summed E-state index contributed by atoms with van der Waals surface area (Å²) in [5.74, 6) is 0. The van der Waals surface area contributed by atoms with Crippen molar-refractivity contribution < 1.29 is 0 Å². The largest absolute Gasteiger partial charge is 0.398 e. The average molecular weight is 136 g/mol. The maximum absolute atomic E-state index is 5.67. The van der Waals surface area contributed by atoms with Gasteiger partial charge in [0, 0.05) is 12.2 Å². The fourth-order valence-electron chi connectivity index (χ4n) is 0.910. The fraction of sp³-hybridized carbons (Fsp3) is 0.250. The van der Waals surface area contributed by atoms with Crippen LogP contribution >= 0.6 is 0 Å². The molecule has 3 N–H and O–H groups in total. The van der Waals surface area contributed by atoms with Crippen LogP contribution in [0, 0.1) is 0 Å². The Labute approximate surface area is 61.1 Å². The molecule has 1 aliphatic heterocycles. The van der Waals surface area contributed by atoms with Crippen LogP contribution in [0.5, 0.6) is 0 Å². The second-order valence-corrected chi connectivity index (χ2v) is 2.43. The van der Waals surface area contributed by atoms with Crippen molar-refractivity contribution in [2.75, 3.05) is 6.54 Å². The molecule has 0 bridgehead atoms. The first kappa shape index (κ1) is 6.93. The standard InChI is InChI=1S/C8H12N2/c1-6(2)7-5-10-4-3-8(7)9/h3-4,10H,1,5,9H2,2H3. The second kappa shape index (κ2) is 2.60. The average Bonchev–Trinajstić information content (AvgIpc) is 1.88. The number of allylic oxidation sites excluding steroid dienone is 1. The number of hydrogen-bond donors (Lipinski definition) is 2. The van der Waals surface area contributed by atoms with Gasteiger partial charge in [0.25, 0.3) is 0 Å². The van der Waals surface area contributed by atoms with Gasteiger partial charge in [-0.05, 0) is 24.8 Å². The smallest absolute Gasteiger partial charge is 0.0418 e. The molecule has 2 heteroatoms. The van der Waals surface area contributed by atoms with Crippen LogP contribution in [-0.2, 0) is 0 Å². The van der Waals surface area contributed by atoms with Gasteiger partial charge in [-0.25, -0.2) is 0 Å². The molecule has 0 aromatic heterocycles. The molecule has 0 saturated carbocycles. The first-order chi connectivity index (χ1) is 4.72. The van der Waals surface area contributed by atoms with Gasteiger partial charge in [0.2, 0.25) is 0 Å². The normalized spacial score (nSPS) is 16.9. The van der Waals surface area contributed by atoms with Crippen molar-refractivity contribution in [2.45, 2.75) is 6.92 Å². The molecule has 0 aromatic carbocycles. The third-order valence-electron chi connectivity index (χ3n) is 1.52. The summed E-state index contributed by atoms with van der Waals surface area (Å²) in [5, 5.41) is 3.07. The van der Waals surface area contributed by atoms with Crippen LogP contribution in [0.3, 0.4) is 0 Å². The van der Waals surface area contributed by atoms with Crippen molar-refractivity contribution in [2.24, 2.45) is 5.73 Å². The van der Waals surface area contributed by atoms with E-state index in [4.69, 9.17) is 5.73 Å². The van der Waals surface area contributed by atoms with Crippen molar-refractivity contribution in [3.05, 3.63) is 35.7 Å². The summed E-state index contributed by atoms with van der Waals surface area (Å²) in [6.45, 7) is 6.58. The molecule has 0 aromatic rings. The van der Waals surface area contributed by atoms with E-state index in [2.05, 4.69) is 11.9 Å². The van der Waals surface area contributed by atoms with E-state index in [9.17, 15) is 0 Å². The zero-order valence-corrected chi connectivity index (χ0v) is 6.15. The quantitative estimate of drug-likeness (QED) is 0.562. The van der Waals surface area contributed by atoms with Gasteiger partial charge >= 0.3 is 0 Å². The number of nitrogens with two attached hydrogens (primary N) is 1. The molecule has 1 heterocycles. The molecule has 0 unspecified atom stereocenters. The summed E-state index contributed by atoms with van der Waals surface area (Å²) in [6, 6.07) is 0. The predicted molar refractivity (Wildman–Crippen MR) is 43.2 cm³/mol. The van der Waals surface area contributed by atoms with Crippen LogP contribution in [0.15, 0.2) is 35.7 Å². The highest BCUT2D eigenvalue weighted by Crippen LogP contribution is 2.11. The minimum Gasteiger partial charge on any atom is -0.398 e. The lowest BCUT2D eigenvalue weighted by atomic mass is 10.1. The Morgan fingerprint density at radius 1 is 1.80 bits per heavy atom. The van der Waals surface area contributed by atoms with E-state index in [0.29, 0.717) is 0 Å². The monoisotopic (exact) mass is 136 g/mol. The SMILES string of the molecule is C=C(C)C1=C(N)C=CNC1. The summed E-state index contributed by atoms with van der Waals surface area (Å²) < 4.78 is 0. The van der Waals surface area contributed by atoms with Gasteiger partial charge < -0.3 is 11.1 Å². The fourth-order valence-corrected chi connectivity index (χ4v) is 0.910. The van der Waals surface area contributed by atoms with E-state index in [-0.39, 0.29) is 0 Å². The maximum Gasteiger partial charge on any atom is 0.0418 e. The number of hydrogen-bond acceptors (Lipinski definition) is 2. The topological polar surface area (TPSA) is 38.0 Å². The molecule has 0 spiro atoms. The van der Waals surface area contributed by atoms with E-state index in [1.807, 2.05) is 19.2 Å². The molecule has 0 radical (unpaired) electrons. The first-order valence-corrected chi connectivity index (χ1v) is 3.26. The highest BCUT2D eigenvalue weighted by molar-refractivity contribution is 5.39. The van der Waals surface area contributed by atoms with Crippen molar-refractivity contribution in [1.82, 2.24) is 5.32 Å². The van der Waals surface area contributed by atoms with Gasteiger partial charge in [0.1, 0.15) is 0 Å². The van der Waals surface area contributed by atoms with Gasteiger partial charge in [-0.1, -0.05) is 12.2 Å². The van der Waals surface area contributed by atoms with Gasteiger partial charge in [-0.2, -0.15) is 0 Å². The van der Waals surface area contributed by atoms with Crippen molar-refractivity contribution >= 4 is 0 Å². The molecule has 0 fully saturated rings. The van der Waals surface area contributed by atoms with Crippen LogP contribution in [0.1, 0.15) is 6.92 Å². The Morgan fingerprint density at radius 3 is 2.90 bits per heavy atom. The lowest BCUT2D eigenvalue weighted by molar-refractivity contribution is 0.906. The maximum atomic E-state index is 5.67. The second-order valence-electron chi connectivity index (χ2n) is 2.43. The minimum atomic E-state index is 0.803. The summed E-state index contributed by atoms with van der Waals surface area (Å²) >= 11 is 0. The summed E-state index contributed by atoms with van der Waals surface area (Å²) in [4.78, 5) is 0. The Kier molecular flexibility index (Phi) is 1.81. The summed E-state index contributed by atoms with van der Waals surface area (Å²) in [7, 11) is 0. The molecule has 10 heavy (non-hydrogen) atoms. The zero-order chi connectivity index (χ0) is 7.56. The van der Waals surface area contributed by atoms with Crippen molar-refractivity contribution in [3.8, 4) is 0 Å². The van der Waals surface area contributed by atoms with E-state index in [1.165, 1.54) is 0 Å². The molecule has 2 nitrogen and oxygen atoms in total. The molecule has 0 saturated heterocycles. The third kappa shape index (κ3) is 1.21. The number of rotatable bonds is 1. The van der Waals surface area contributed by atoms with Crippen LogP contribution in [0.4, 0.5) is 0 Å². The Balaban J connectivity index is 2.89. The van der Waals surface area contributed by atoms with Crippen molar-refractivity contribution in [3.63, 3.8) is 0 Å². The van der Waals surface area contributed by atoms with E-state index >= 15 is 0 Å². The highest BCUT2D eigenvalue weighted by Gasteiger charge is 2.03. The van der Waals surface area contributed by atoms with Gasteiger partial charge in [0.05, 0.1) is 0 Å². The molecule has 0 atom stereocenters. The van der Waals surface area contributed by atoms with Crippen molar-refractivity contribution in [1.29, 1.82) is 0 Å². The molecule has 0 amide bonds. The highest BCUT2D eigenvalue weighted by atomic mass is 14.8. The zero-order valence-electron chi connectivity index (χ0n) is 6.15.